The Labute approximate surface area is 123 Å². The van der Waals surface area contributed by atoms with Crippen LogP contribution >= 0.6 is 27.5 Å². The maximum Gasteiger partial charge on any atom is 0.151 e. The van der Waals surface area contributed by atoms with Crippen LogP contribution in [0.25, 0.3) is 21.9 Å². The van der Waals surface area contributed by atoms with Gasteiger partial charge in [-0.1, -0.05) is 48.0 Å². The zero-order valence-electron chi connectivity index (χ0n) is 9.78. The summed E-state index contributed by atoms with van der Waals surface area (Å²) in [6, 6.07) is 16.2. The fourth-order valence-electron chi connectivity index (χ4n) is 2.57. The van der Waals surface area contributed by atoms with Gasteiger partial charge in [0.2, 0.25) is 0 Å². The van der Waals surface area contributed by atoms with Gasteiger partial charge in [-0.05, 0) is 39.0 Å². The molecule has 1 aliphatic heterocycles. The summed E-state index contributed by atoms with van der Waals surface area (Å²) in [5.74, 6) is 1.67. The first-order chi connectivity index (χ1) is 9.25. The lowest BCUT2D eigenvalue weighted by Crippen LogP contribution is -1.97. The van der Waals surface area contributed by atoms with Crippen molar-refractivity contribution in [2.45, 2.75) is 0 Å². The first kappa shape index (κ1) is 11.3. The van der Waals surface area contributed by atoms with Gasteiger partial charge in [0.25, 0.3) is 0 Å². The number of halogens is 2. The van der Waals surface area contributed by atoms with Crippen molar-refractivity contribution in [2.24, 2.45) is 0 Å². The summed E-state index contributed by atoms with van der Waals surface area (Å²) in [6.07, 6.45) is 0. The summed E-state index contributed by atoms with van der Waals surface area (Å²) in [5, 5.41) is 2.87. The van der Waals surface area contributed by atoms with Crippen molar-refractivity contribution in [2.75, 3.05) is 0 Å². The average Bonchev–Trinajstić information content (AvgIpc) is 2.44. The van der Waals surface area contributed by atoms with Crippen LogP contribution in [0.5, 0.6) is 11.5 Å². The second-order valence-corrected chi connectivity index (χ2v) is 5.70. The first-order valence-electron chi connectivity index (χ1n) is 5.93. The number of benzene rings is 3. The van der Waals surface area contributed by atoms with Crippen molar-refractivity contribution in [1.82, 2.24) is 0 Å². The molecule has 1 heterocycles. The zero-order valence-corrected chi connectivity index (χ0v) is 12.1. The van der Waals surface area contributed by atoms with Crippen LogP contribution in [0.4, 0.5) is 0 Å². The Bertz CT molecular complexity index is 826. The third kappa shape index (κ3) is 1.54. The molecular formula is C16H8BrClO. The molecule has 3 aromatic carbocycles. The number of ether oxygens (including phenoxy) is 1. The van der Waals surface area contributed by atoms with E-state index in [1.165, 1.54) is 5.56 Å². The molecule has 1 aliphatic rings. The Morgan fingerprint density at radius 3 is 2.63 bits per heavy atom. The molecule has 0 spiro atoms. The van der Waals surface area contributed by atoms with E-state index >= 15 is 0 Å². The van der Waals surface area contributed by atoms with E-state index in [0.717, 1.165) is 32.3 Å². The van der Waals surface area contributed by atoms with E-state index in [9.17, 15) is 0 Å². The maximum absolute atomic E-state index is 6.25. The molecule has 19 heavy (non-hydrogen) atoms. The van der Waals surface area contributed by atoms with Gasteiger partial charge in [0.1, 0.15) is 5.75 Å². The van der Waals surface area contributed by atoms with E-state index in [1.807, 2.05) is 30.3 Å². The molecule has 92 valence electrons. The largest absolute Gasteiger partial charge is 0.455 e. The maximum atomic E-state index is 6.25. The third-order valence-electron chi connectivity index (χ3n) is 3.40. The Balaban J connectivity index is 2.23. The zero-order chi connectivity index (χ0) is 13.0. The minimum atomic E-state index is 0.666. The molecule has 0 aromatic heterocycles. The number of fused-ring (bicyclic) bond motifs is 2. The van der Waals surface area contributed by atoms with Gasteiger partial charge < -0.3 is 4.74 Å². The lowest BCUT2D eigenvalue weighted by molar-refractivity contribution is 0.484. The van der Waals surface area contributed by atoms with Gasteiger partial charge in [-0.15, -0.1) is 0 Å². The number of para-hydroxylation sites is 1. The molecule has 1 nitrogen and oxygen atoms in total. The van der Waals surface area contributed by atoms with Gasteiger partial charge in [0, 0.05) is 10.9 Å². The fraction of sp³-hybridized carbons (Fsp3) is 0. The standard InChI is InChI=1S/C16H8BrClO/c17-15-12(18)8-9-4-3-6-11-10-5-1-2-7-13(10)19-16(15)14(9)11/h1-8H. The highest BCUT2D eigenvalue weighted by molar-refractivity contribution is 9.10. The topological polar surface area (TPSA) is 9.23 Å². The molecule has 4 rings (SSSR count). The van der Waals surface area contributed by atoms with Gasteiger partial charge in [-0.3, -0.25) is 0 Å². The monoisotopic (exact) mass is 330 g/mol. The van der Waals surface area contributed by atoms with Crippen LogP contribution < -0.4 is 4.74 Å². The van der Waals surface area contributed by atoms with Crippen molar-refractivity contribution >= 4 is 38.3 Å². The van der Waals surface area contributed by atoms with Crippen molar-refractivity contribution in [3.05, 3.63) is 58.0 Å². The summed E-state index contributed by atoms with van der Waals surface area (Å²) in [5.41, 5.74) is 2.31. The van der Waals surface area contributed by atoms with Gasteiger partial charge in [0.05, 0.1) is 9.50 Å². The second kappa shape index (κ2) is 3.99. The van der Waals surface area contributed by atoms with Gasteiger partial charge in [-0.25, -0.2) is 0 Å². The molecule has 3 aromatic rings. The van der Waals surface area contributed by atoms with Crippen LogP contribution in [0.15, 0.2) is 53.0 Å². The molecule has 0 fully saturated rings. The second-order valence-electron chi connectivity index (χ2n) is 4.50. The third-order valence-corrected chi connectivity index (χ3v) is 4.72. The quantitative estimate of drug-likeness (QED) is 0.382. The van der Waals surface area contributed by atoms with Crippen LogP contribution in [0.3, 0.4) is 0 Å². The highest BCUT2D eigenvalue weighted by Gasteiger charge is 2.22. The van der Waals surface area contributed by atoms with Crippen molar-refractivity contribution in [1.29, 1.82) is 0 Å². The van der Waals surface area contributed by atoms with Crippen molar-refractivity contribution in [3.8, 4) is 22.6 Å². The van der Waals surface area contributed by atoms with Gasteiger partial charge in [-0.2, -0.15) is 0 Å². The molecule has 3 heteroatoms. The molecule has 0 radical (unpaired) electrons. The smallest absolute Gasteiger partial charge is 0.151 e. The molecular weight excluding hydrogens is 324 g/mol. The Hall–Kier alpha value is -1.51. The lowest BCUT2D eigenvalue weighted by Gasteiger charge is -2.22. The summed E-state index contributed by atoms with van der Waals surface area (Å²) in [7, 11) is 0. The van der Waals surface area contributed by atoms with Crippen LogP contribution in [-0.4, -0.2) is 0 Å². The Kier molecular flexibility index (Phi) is 2.38. The predicted molar refractivity (Wildman–Crippen MR) is 82.2 cm³/mol. The van der Waals surface area contributed by atoms with Crippen LogP contribution in [0.2, 0.25) is 5.02 Å². The minimum Gasteiger partial charge on any atom is -0.455 e. The number of hydrogen-bond donors (Lipinski definition) is 0. The molecule has 0 saturated carbocycles. The normalized spacial score (nSPS) is 12.1. The van der Waals surface area contributed by atoms with E-state index in [4.69, 9.17) is 16.3 Å². The minimum absolute atomic E-state index is 0.666. The molecule has 0 N–H and O–H groups in total. The van der Waals surface area contributed by atoms with Crippen LogP contribution in [0, 0.1) is 0 Å². The predicted octanol–water partition coefficient (Wildman–Crippen LogP) is 6.03. The van der Waals surface area contributed by atoms with Crippen LogP contribution in [-0.2, 0) is 0 Å². The molecule has 0 amide bonds. The number of rotatable bonds is 0. The first-order valence-corrected chi connectivity index (χ1v) is 7.11. The molecule has 0 aliphatic carbocycles. The van der Waals surface area contributed by atoms with E-state index < -0.39 is 0 Å². The Morgan fingerprint density at radius 2 is 1.74 bits per heavy atom. The van der Waals surface area contributed by atoms with Crippen molar-refractivity contribution in [3.63, 3.8) is 0 Å². The summed E-state index contributed by atoms with van der Waals surface area (Å²) in [4.78, 5) is 0. The van der Waals surface area contributed by atoms with E-state index in [-0.39, 0.29) is 0 Å². The van der Waals surface area contributed by atoms with E-state index in [0.29, 0.717) is 5.02 Å². The molecule has 0 bridgehead atoms. The van der Waals surface area contributed by atoms with E-state index in [1.54, 1.807) is 0 Å². The van der Waals surface area contributed by atoms with Gasteiger partial charge >= 0.3 is 0 Å². The molecule has 0 saturated heterocycles. The summed E-state index contributed by atoms with van der Waals surface area (Å²) >= 11 is 9.77. The van der Waals surface area contributed by atoms with Gasteiger partial charge in [0.15, 0.2) is 5.75 Å². The molecule has 0 unspecified atom stereocenters. The Morgan fingerprint density at radius 1 is 0.947 bits per heavy atom. The fourth-order valence-corrected chi connectivity index (χ4v) is 3.17. The number of hydrogen-bond acceptors (Lipinski definition) is 1. The summed E-state index contributed by atoms with van der Waals surface area (Å²) in [6.45, 7) is 0. The highest BCUT2D eigenvalue weighted by Crippen LogP contribution is 2.50. The summed E-state index contributed by atoms with van der Waals surface area (Å²) < 4.78 is 6.84. The SMILES string of the molecule is Clc1cc2cccc3c2c(c1Br)Oc1ccccc1-3. The van der Waals surface area contributed by atoms with E-state index in [2.05, 4.69) is 34.1 Å². The van der Waals surface area contributed by atoms with Crippen LogP contribution in [0.1, 0.15) is 0 Å². The highest BCUT2D eigenvalue weighted by atomic mass is 79.9. The molecule has 0 atom stereocenters. The van der Waals surface area contributed by atoms with Crippen molar-refractivity contribution < 1.29 is 4.74 Å². The lowest BCUT2D eigenvalue weighted by atomic mass is 9.95. The average molecular weight is 332 g/mol.